The van der Waals surface area contributed by atoms with E-state index in [9.17, 15) is 9.59 Å². The number of benzene rings is 1. The first-order valence-corrected chi connectivity index (χ1v) is 12.6. The van der Waals surface area contributed by atoms with Gasteiger partial charge in [-0.05, 0) is 62.8 Å². The number of nitrogens with one attached hydrogen (secondary N) is 2. The van der Waals surface area contributed by atoms with Crippen molar-refractivity contribution in [1.82, 2.24) is 15.3 Å². The monoisotopic (exact) mass is 469 g/mol. The summed E-state index contributed by atoms with van der Waals surface area (Å²) in [5, 5.41) is 3.69. The highest BCUT2D eigenvalue weighted by Gasteiger charge is 2.19. The molecule has 1 amide bonds. The number of hydrogen-bond donors (Lipinski definition) is 2. The molecule has 1 aliphatic carbocycles. The van der Waals surface area contributed by atoms with E-state index in [4.69, 9.17) is 9.47 Å². The summed E-state index contributed by atoms with van der Waals surface area (Å²) < 4.78 is 11.2. The van der Waals surface area contributed by atoms with Gasteiger partial charge in [0.15, 0.2) is 11.5 Å². The molecule has 2 N–H and O–H groups in total. The Bertz CT molecular complexity index is 1180. The topological polar surface area (TPSA) is 93.3 Å². The third-order valence-corrected chi connectivity index (χ3v) is 7.00. The molecule has 0 saturated heterocycles. The standard InChI is InChI=1S/C25H31N3O4S/c1-3-31-18-11-10-16(14-19(18)32-4-2)15-26-22(29)13-12-21-27-24(30)23-17-8-6-5-7-9-20(17)33-25(23)28-21/h10-11,14H,3-9,12-13,15H2,1-2H3,(H,26,29)(H,27,28,30). The molecule has 0 aliphatic heterocycles. The molecule has 0 unspecified atom stereocenters. The van der Waals surface area contributed by atoms with Crippen molar-refractivity contribution in [2.45, 2.75) is 65.3 Å². The molecule has 0 spiro atoms. The van der Waals surface area contributed by atoms with Gasteiger partial charge >= 0.3 is 0 Å². The number of hydrogen-bond acceptors (Lipinski definition) is 6. The number of aryl methyl sites for hydroxylation is 3. The van der Waals surface area contributed by atoms with Crippen LogP contribution in [0.25, 0.3) is 10.2 Å². The van der Waals surface area contributed by atoms with Gasteiger partial charge in [-0.2, -0.15) is 0 Å². The highest BCUT2D eigenvalue weighted by Crippen LogP contribution is 2.33. The van der Waals surface area contributed by atoms with E-state index in [1.54, 1.807) is 11.3 Å². The summed E-state index contributed by atoms with van der Waals surface area (Å²) in [6.45, 7) is 5.35. The Balaban J connectivity index is 1.37. The van der Waals surface area contributed by atoms with Gasteiger partial charge < -0.3 is 19.8 Å². The molecule has 7 nitrogen and oxygen atoms in total. The molecule has 0 saturated carbocycles. The first kappa shape index (κ1) is 23.3. The lowest BCUT2D eigenvalue weighted by molar-refractivity contribution is -0.121. The number of aromatic amines is 1. The molecule has 1 aromatic carbocycles. The highest BCUT2D eigenvalue weighted by molar-refractivity contribution is 7.18. The number of H-pyrrole nitrogens is 1. The Hall–Kier alpha value is -2.87. The number of thiophene rings is 1. The maximum absolute atomic E-state index is 12.7. The van der Waals surface area contributed by atoms with Crippen molar-refractivity contribution < 1.29 is 14.3 Å². The fourth-order valence-corrected chi connectivity index (χ4v) is 5.51. The summed E-state index contributed by atoms with van der Waals surface area (Å²) in [6.07, 6.45) is 6.15. The van der Waals surface area contributed by atoms with E-state index in [0.717, 1.165) is 35.0 Å². The fraction of sp³-hybridized carbons (Fsp3) is 0.480. The van der Waals surface area contributed by atoms with E-state index in [0.29, 0.717) is 43.5 Å². The molecule has 1 aliphatic rings. The lowest BCUT2D eigenvalue weighted by atomic mass is 10.1. The maximum Gasteiger partial charge on any atom is 0.259 e. The van der Waals surface area contributed by atoms with E-state index < -0.39 is 0 Å². The molecule has 176 valence electrons. The lowest BCUT2D eigenvalue weighted by Crippen LogP contribution is -2.23. The number of carbonyl (C=O) groups is 1. The Morgan fingerprint density at radius 2 is 1.91 bits per heavy atom. The Kier molecular flexibility index (Phi) is 7.65. The summed E-state index contributed by atoms with van der Waals surface area (Å²) in [6, 6.07) is 5.67. The predicted octanol–water partition coefficient (Wildman–Crippen LogP) is 4.30. The first-order chi connectivity index (χ1) is 16.1. The van der Waals surface area contributed by atoms with E-state index in [-0.39, 0.29) is 17.9 Å². The van der Waals surface area contributed by atoms with Crippen LogP contribution in [0.15, 0.2) is 23.0 Å². The maximum atomic E-state index is 12.7. The zero-order chi connectivity index (χ0) is 23.2. The van der Waals surface area contributed by atoms with E-state index >= 15 is 0 Å². The zero-order valence-electron chi connectivity index (χ0n) is 19.3. The third-order valence-electron chi connectivity index (χ3n) is 5.81. The molecule has 4 rings (SSSR count). The van der Waals surface area contributed by atoms with Gasteiger partial charge in [0.25, 0.3) is 5.56 Å². The quantitative estimate of drug-likeness (QED) is 0.456. The second-order valence-electron chi connectivity index (χ2n) is 8.18. The van der Waals surface area contributed by atoms with Crippen LogP contribution in [-0.4, -0.2) is 29.1 Å². The summed E-state index contributed by atoms with van der Waals surface area (Å²) in [4.78, 5) is 34.9. The van der Waals surface area contributed by atoms with Crippen molar-refractivity contribution in [1.29, 1.82) is 0 Å². The van der Waals surface area contributed by atoms with Crippen molar-refractivity contribution >= 4 is 27.5 Å². The number of fused-ring (bicyclic) bond motifs is 3. The Labute approximate surface area is 197 Å². The summed E-state index contributed by atoms with van der Waals surface area (Å²) in [5.41, 5.74) is 2.04. The molecular formula is C25H31N3O4S. The molecule has 0 radical (unpaired) electrons. The Morgan fingerprint density at radius 3 is 2.73 bits per heavy atom. The van der Waals surface area contributed by atoms with Crippen LogP contribution in [0, 0.1) is 0 Å². The van der Waals surface area contributed by atoms with Crippen LogP contribution in [0.2, 0.25) is 0 Å². The third kappa shape index (κ3) is 5.55. The molecule has 8 heteroatoms. The molecule has 0 fully saturated rings. The molecule has 33 heavy (non-hydrogen) atoms. The van der Waals surface area contributed by atoms with Gasteiger partial charge in [-0.1, -0.05) is 12.5 Å². The van der Waals surface area contributed by atoms with Gasteiger partial charge in [-0.3, -0.25) is 9.59 Å². The largest absolute Gasteiger partial charge is 0.490 e. The number of ether oxygens (including phenoxy) is 2. The van der Waals surface area contributed by atoms with Crippen molar-refractivity contribution in [3.8, 4) is 11.5 Å². The Morgan fingerprint density at radius 1 is 1.12 bits per heavy atom. The minimum Gasteiger partial charge on any atom is -0.490 e. The molecule has 2 aromatic heterocycles. The molecule has 3 aromatic rings. The summed E-state index contributed by atoms with van der Waals surface area (Å²) >= 11 is 1.64. The summed E-state index contributed by atoms with van der Waals surface area (Å²) in [7, 11) is 0. The van der Waals surface area contributed by atoms with E-state index in [1.165, 1.54) is 23.3 Å². The van der Waals surface area contributed by atoms with Crippen molar-refractivity contribution in [2.24, 2.45) is 0 Å². The van der Waals surface area contributed by atoms with Crippen LogP contribution in [0.3, 0.4) is 0 Å². The molecule has 2 heterocycles. The van der Waals surface area contributed by atoms with E-state index in [2.05, 4.69) is 15.3 Å². The predicted molar refractivity (Wildman–Crippen MR) is 130 cm³/mol. The molecule has 0 atom stereocenters. The van der Waals surface area contributed by atoms with Gasteiger partial charge in [0.2, 0.25) is 5.91 Å². The minimum atomic E-state index is -0.0912. The van der Waals surface area contributed by atoms with Crippen molar-refractivity contribution in [3.05, 3.63) is 50.4 Å². The molecular weight excluding hydrogens is 438 g/mol. The van der Waals surface area contributed by atoms with Crippen LogP contribution in [0.4, 0.5) is 0 Å². The molecule has 0 bridgehead atoms. The van der Waals surface area contributed by atoms with Gasteiger partial charge in [0, 0.05) is 24.3 Å². The number of nitrogens with zero attached hydrogens (tertiary/aromatic N) is 1. The second kappa shape index (κ2) is 10.8. The normalized spacial score (nSPS) is 13.4. The zero-order valence-corrected chi connectivity index (χ0v) is 20.1. The first-order valence-electron chi connectivity index (χ1n) is 11.8. The average molecular weight is 470 g/mol. The SMILES string of the molecule is CCOc1ccc(CNC(=O)CCc2nc3sc4c(c3c(=O)[nH]2)CCCCC4)cc1OCC. The minimum absolute atomic E-state index is 0.0763. The fourth-order valence-electron chi connectivity index (χ4n) is 4.23. The van der Waals surface area contributed by atoms with E-state index in [1.807, 2.05) is 32.0 Å². The number of amides is 1. The van der Waals surface area contributed by atoms with Gasteiger partial charge in [0.05, 0.1) is 18.6 Å². The van der Waals surface area contributed by atoms with Crippen LogP contribution in [0.5, 0.6) is 11.5 Å². The van der Waals surface area contributed by atoms with Crippen molar-refractivity contribution in [2.75, 3.05) is 13.2 Å². The van der Waals surface area contributed by atoms with Crippen molar-refractivity contribution in [3.63, 3.8) is 0 Å². The number of rotatable bonds is 9. The van der Waals surface area contributed by atoms with Gasteiger partial charge in [0.1, 0.15) is 10.7 Å². The average Bonchev–Trinajstić information content (AvgIpc) is 3.00. The van der Waals surface area contributed by atoms with Gasteiger partial charge in [-0.15, -0.1) is 11.3 Å². The smallest absolute Gasteiger partial charge is 0.259 e. The number of carbonyl (C=O) groups excluding carboxylic acids is 1. The highest BCUT2D eigenvalue weighted by atomic mass is 32.1. The van der Waals surface area contributed by atoms with Gasteiger partial charge in [-0.25, -0.2) is 4.98 Å². The van der Waals surface area contributed by atoms with Crippen LogP contribution in [-0.2, 0) is 30.6 Å². The number of aromatic nitrogens is 2. The van der Waals surface area contributed by atoms with Crippen LogP contribution >= 0.6 is 11.3 Å². The summed E-state index contributed by atoms with van der Waals surface area (Å²) in [5.74, 6) is 1.85. The van der Waals surface area contributed by atoms with Crippen LogP contribution < -0.4 is 20.3 Å². The van der Waals surface area contributed by atoms with Crippen LogP contribution in [0.1, 0.15) is 61.4 Å². The second-order valence-corrected chi connectivity index (χ2v) is 9.26. The lowest BCUT2D eigenvalue weighted by Gasteiger charge is -2.13.